The summed E-state index contributed by atoms with van der Waals surface area (Å²) in [6, 6.07) is 8.46. The minimum absolute atomic E-state index is 0.0170. The second kappa shape index (κ2) is 7.56. The number of aliphatic hydroxyl groups is 2. The maximum Gasteiger partial charge on any atom is 0.342 e. The number of ether oxygens (including phenoxy) is 1. The number of carbonyl (C=O) groups excluding carboxylic acids is 3. The Kier molecular flexibility index (Phi) is 4.58. The van der Waals surface area contributed by atoms with Crippen molar-refractivity contribution < 1.29 is 44.7 Å². The standard InChI is InChI=1S/C30H22O9/c1-11-7-14-22(18(33)8-11)29(38)39-28-17(32)6-5-15-20-12(10-30(15,28)27(14)37)9-19(34)23-24(20)25(35)13-3-2-4-16(31)21(13)26(23)36/h2-9,15,17,27-28,31-34,37H,10H2,1H3. The highest BCUT2D eigenvalue weighted by atomic mass is 16.6. The van der Waals surface area contributed by atoms with Gasteiger partial charge in [0.15, 0.2) is 5.78 Å². The molecule has 1 heterocycles. The largest absolute Gasteiger partial charge is 0.507 e. The number of allylic oxidation sites excluding steroid dienone is 1. The van der Waals surface area contributed by atoms with Crippen LogP contribution in [0, 0.1) is 12.3 Å². The molecule has 0 fully saturated rings. The summed E-state index contributed by atoms with van der Waals surface area (Å²) < 4.78 is 5.77. The molecule has 3 aromatic carbocycles. The highest BCUT2D eigenvalue weighted by Gasteiger charge is 2.63. The number of rotatable bonds is 0. The lowest BCUT2D eigenvalue weighted by molar-refractivity contribution is -0.119. The minimum Gasteiger partial charge on any atom is -0.507 e. The van der Waals surface area contributed by atoms with Crippen molar-refractivity contribution in [2.24, 2.45) is 5.41 Å². The monoisotopic (exact) mass is 526 g/mol. The maximum atomic E-state index is 13.9. The van der Waals surface area contributed by atoms with Crippen molar-refractivity contribution in [2.45, 2.75) is 37.6 Å². The van der Waals surface area contributed by atoms with Gasteiger partial charge in [-0.25, -0.2) is 4.79 Å². The second-order valence-electron chi connectivity index (χ2n) is 10.7. The maximum absolute atomic E-state index is 13.9. The molecule has 5 unspecified atom stereocenters. The molecule has 3 aliphatic carbocycles. The van der Waals surface area contributed by atoms with Crippen LogP contribution in [0.2, 0.25) is 0 Å². The zero-order chi connectivity index (χ0) is 27.5. The molecule has 1 aliphatic heterocycles. The molecule has 0 amide bonds. The average molecular weight is 526 g/mol. The number of phenolic OH excluding ortho intramolecular Hbond substituents is 3. The summed E-state index contributed by atoms with van der Waals surface area (Å²) in [4.78, 5) is 40.6. The number of aromatic hydroxyl groups is 3. The van der Waals surface area contributed by atoms with E-state index in [0.717, 1.165) is 0 Å². The molecule has 1 spiro atoms. The van der Waals surface area contributed by atoms with Crippen LogP contribution in [0.5, 0.6) is 17.2 Å². The van der Waals surface area contributed by atoms with E-state index in [2.05, 4.69) is 0 Å². The Bertz CT molecular complexity index is 1720. The van der Waals surface area contributed by atoms with E-state index in [1.165, 1.54) is 36.4 Å². The smallest absolute Gasteiger partial charge is 0.342 e. The van der Waals surface area contributed by atoms with Crippen LogP contribution in [-0.4, -0.2) is 55.3 Å². The van der Waals surface area contributed by atoms with E-state index >= 15 is 0 Å². The van der Waals surface area contributed by atoms with Gasteiger partial charge >= 0.3 is 5.97 Å². The highest BCUT2D eigenvalue weighted by Crippen LogP contribution is 2.63. The molecular formula is C30H22O9. The molecule has 9 nitrogen and oxygen atoms in total. The first-order chi connectivity index (χ1) is 18.6. The van der Waals surface area contributed by atoms with Gasteiger partial charge in [-0.15, -0.1) is 0 Å². The van der Waals surface area contributed by atoms with E-state index in [1.54, 1.807) is 19.1 Å². The normalized spacial score (nSPS) is 27.9. The van der Waals surface area contributed by atoms with Crippen LogP contribution in [0.25, 0.3) is 0 Å². The van der Waals surface area contributed by atoms with Crippen LogP contribution in [0.3, 0.4) is 0 Å². The van der Waals surface area contributed by atoms with Gasteiger partial charge in [-0.3, -0.25) is 9.59 Å². The fraction of sp³-hybridized carbons (Fsp3) is 0.233. The van der Waals surface area contributed by atoms with Crippen LogP contribution in [0.1, 0.15) is 76.5 Å². The lowest BCUT2D eigenvalue weighted by Gasteiger charge is -2.46. The first-order valence-corrected chi connectivity index (χ1v) is 12.4. The van der Waals surface area contributed by atoms with Crippen LogP contribution in [0.4, 0.5) is 0 Å². The SMILES string of the molecule is Cc1cc(O)c2c(c1)C(O)C13Cc4cc(O)c5c(c4C1C=CC(O)C3OC2=O)C(=O)c1cccc(O)c1C5=O. The lowest BCUT2D eigenvalue weighted by Crippen LogP contribution is -2.52. The molecule has 0 radical (unpaired) electrons. The van der Waals surface area contributed by atoms with Crippen molar-refractivity contribution in [2.75, 3.05) is 0 Å². The van der Waals surface area contributed by atoms with Crippen LogP contribution < -0.4 is 0 Å². The molecule has 3 aromatic rings. The van der Waals surface area contributed by atoms with Gasteiger partial charge in [0.05, 0.1) is 22.6 Å². The first-order valence-electron chi connectivity index (χ1n) is 12.4. The fourth-order valence-corrected chi connectivity index (χ4v) is 7.14. The van der Waals surface area contributed by atoms with E-state index in [0.29, 0.717) is 16.7 Å². The second-order valence-corrected chi connectivity index (χ2v) is 10.7. The summed E-state index contributed by atoms with van der Waals surface area (Å²) in [5.74, 6) is -4.23. The van der Waals surface area contributed by atoms with E-state index in [4.69, 9.17) is 4.74 Å². The van der Waals surface area contributed by atoms with Gasteiger partial charge < -0.3 is 30.3 Å². The Hall–Kier alpha value is -4.47. The minimum atomic E-state index is -1.45. The molecule has 39 heavy (non-hydrogen) atoms. The molecule has 7 rings (SSSR count). The molecule has 0 bridgehead atoms. The number of carbonyl (C=O) groups is 3. The summed E-state index contributed by atoms with van der Waals surface area (Å²) >= 11 is 0. The van der Waals surface area contributed by atoms with Crippen LogP contribution >= 0.6 is 0 Å². The Morgan fingerprint density at radius 1 is 0.846 bits per heavy atom. The number of phenols is 3. The quantitative estimate of drug-likeness (QED) is 0.171. The predicted molar refractivity (Wildman–Crippen MR) is 134 cm³/mol. The number of aryl methyl sites for hydroxylation is 1. The molecule has 0 saturated heterocycles. The topological polar surface area (TPSA) is 162 Å². The Balaban J connectivity index is 1.51. The van der Waals surface area contributed by atoms with E-state index in [9.17, 15) is 39.9 Å². The third-order valence-corrected chi connectivity index (χ3v) is 8.66. The fourth-order valence-electron chi connectivity index (χ4n) is 7.14. The van der Waals surface area contributed by atoms with Crippen molar-refractivity contribution in [1.82, 2.24) is 0 Å². The summed E-state index contributed by atoms with van der Waals surface area (Å²) in [5.41, 5.74) is -0.639. The number of esters is 1. The predicted octanol–water partition coefficient (Wildman–Crippen LogP) is 2.72. The third kappa shape index (κ3) is 2.78. The third-order valence-electron chi connectivity index (χ3n) is 8.66. The Morgan fingerprint density at radius 3 is 2.36 bits per heavy atom. The van der Waals surface area contributed by atoms with Crippen molar-refractivity contribution in [1.29, 1.82) is 0 Å². The molecule has 9 heteroatoms. The molecule has 5 N–H and O–H groups in total. The van der Waals surface area contributed by atoms with Gasteiger partial charge in [-0.1, -0.05) is 30.4 Å². The van der Waals surface area contributed by atoms with Crippen molar-refractivity contribution in [3.8, 4) is 17.2 Å². The number of hydrogen-bond donors (Lipinski definition) is 5. The summed E-state index contributed by atoms with van der Waals surface area (Å²) in [6.45, 7) is 1.69. The van der Waals surface area contributed by atoms with Crippen molar-refractivity contribution >= 4 is 17.5 Å². The zero-order valence-corrected chi connectivity index (χ0v) is 20.5. The lowest BCUT2D eigenvalue weighted by atomic mass is 9.61. The number of benzene rings is 3. The van der Waals surface area contributed by atoms with Crippen LogP contribution in [-0.2, 0) is 11.2 Å². The molecule has 4 aliphatic rings. The molecular weight excluding hydrogens is 504 g/mol. The van der Waals surface area contributed by atoms with Gasteiger partial charge in [0.25, 0.3) is 0 Å². The molecule has 196 valence electrons. The summed E-state index contributed by atoms with van der Waals surface area (Å²) in [6.07, 6.45) is -1.02. The first kappa shape index (κ1) is 23.6. The Labute approximate surface area is 221 Å². The Morgan fingerprint density at radius 2 is 1.59 bits per heavy atom. The molecule has 0 saturated carbocycles. The van der Waals surface area contributed by atoms with Crippen LogP contribution in [0.15, 0.2) is 48.6 Å². The van der Waals surface area contributed by atoms with Gasteiger partial charge in [0, 0.05) is 17.0 Å². The van der Waals surface area contributed by atoms with Gasteiger partial charge in [-0.2, -0.15) is 0 Å². The van der Waals surface area contributed by atoms with E-state index in [1.807, 2.05) is 0 Å². The number of ketones is 2. The number of fused-ring (bicyclic) bond motifs is 6. The number of aliphatic hydroxyl groups excluding tert-OH is 2. The highest BCUT2D eigenvalue weighted by molar-refractivity contribution is 6.31. The number of hydrogen-bond acceptors (Lipinski definition) is 9. The van der Waals surface area contributed by atoms with Gasteiger partial charge in [0.2, 0.25) is 5.78 Å². The van der Waals surface area contributed by atoms with Crippen molar-refractivity contribution in [3.63, 3.8) is 0 Å². The zero-order valence-electron chi connectivity index (χ0n) is 20.5. The van der Waals surface area contributed by atoms with Crippen molar-refractivity contribution in [3.05, 3.63) is 98.6 Å². The molecule has 0 aromatic heterocycles. The summed E-state index contributed by atoms with van der Waals surface area (Å²) in [5, 5.41) is 55.0. The average Bonchev–Trinajstić information content (AvgIpc) is 3.17. The van der Waals surface area contributed by atoms with E-state index in [-0.39, 0.29) is 51.3 Å². The molecule has 5 atom stereocenters. The van der Waals surface area contributed by atoms with Gasteiger partial charge in [0.1, 0.15) is 35.0 Å². The van der Waals surface area contributed by atoms with E-state index < -0.39 is 52.9 Å². The van der Waals surface area contributed by atoms with Gasteiger partial charge in [-0.05, 0) is 53.8 Å². The summed E-state index contributed by atoms with van der Waals surface area (Å²) in [7, 11) is 0.